The number of fused-ring (bicyclic) bond motifs is 1. The standard InChI is InChI=1S/C25H31N3O5S/c1-25(2,3)33-24(32)28-13-12-19-20(14-28)34-22(27-19)16-6-4-15(5-7-16)21(29)26-18-10-8-17(9-11-18)23(30)31/h4-7,17-18H,8-14H2,1-3H3,(H,26,29)(H,30,31). The van der Waals surface area contributed by atoms with Gasteiger partial charge in [0.25, 0.3) is 5.91 Å². The van der Waals surface area contributed by atoms with Crippen LogP contribution in [0.2, 0.25) is 0 Å². The number of carboxylic acids is 1. The summed E-state index contributed by atoms with van der Waals surface area (Å²) in [6, 6.07) is 7.39. The lowest BCUT2D eigenvalue weighted by atomic mass is 9.86. The molecule has 2 aliphatic rings. The Balaban J connectivity index is 1.36. The van der Waals surface area contributed by atoms with Crippen LogP contribution in [-0.2, 0) is 22.5 Å². The number of carboxylic acid groups (broad SMARTS) is 1. The van der Waals surface area contributed by atoms with E-state index >= 15 is 0 Å². The van der Waals surface area contributed by atoms with Crippen LogP contribution in [0.5, 0.6) is 0 Å². The first-order chi connectivity index (χ1) is 16.1. The van der Waals surface area contributed by atoms with Gasteiger partial charge in [0.15, 0.2) is 0 Å². The SMILES string of the molecule is CC(C)(C)OC(=O)N1CCc2nc(-c3ccc(C(=O)NC4CCC(C(=O)O)CC4)cc3)sc2C1. The molecule has 34 heavy (non-hydrogen) atoms. The molecule has 1 aromatic carbocycles. The third kappa shape index (κ3) is 5.75. The highest BCUT2D eigenvalue weighted by molar-refractivity contribution is 7.15. The molecule has 1 fully saturated rings. The van der Waals surface area contributed by atoms with Crippen molar-refractivity contribution in [2.24, 2.45) is 5.92 Å². The van der Waals surface area contributed by atoms with Crippen molar-refractivity contribution in [2.75, 3.05) is 6.54 Å². The maximum atomic E-state index is 12.6. The summed E-state index contributed by atoms with van der Waals surface area (Å²) in [6.07, 6.45) is 2.95. The third-order valence-electron chi connectivity index (χ3n) is 6.19. The number of nitrogens with one attached hydrogen (secondary N) is 1. The Morgan fingerprint density at radius 2 is 1.79 bits per heavy atom. The number of thiazole rings is 1. The number of aromatic nitrogens is 1. The molecule has 8 nitrogen and oxygen atoms in total. The van der Waals surface area contributed by atoms with Crippen LogP contribution in [0.25, 0.3) is 10.6 Å². The van der Waals surface area contributed by atoms with E-state index in [-0.39, 0.29) is 24.0 Å². The minimum atomic E-state index is -0.748. The van der Waals surface area contributed by atoms with Crippen LogP contribution in [-0.4, -0.2) is 51.1 Å². The number of hydrogen-bond donors (Lipinski definition) is 2. The van der Waals surface area contributed by atoms with Crippen LogP contribution in [0, 0.1) is 5.92 Å². The van der Waals surface area contributed by atoms with Crippen LogP contribution in [0.3, 0.4) is 0 Å². The number of rotatable bonds is 4. The highest BCUT2D eigenvalue weighted by Crippen LogP contribution is 2.32. The average molecular weight is 486 g/mol. The summed E-state index contributed by atoms with van der Waals surface area (Å²) in [7, 11) is 0. The Kier molecular flexibility index (Phi) is 6.93. The molecule has 2 N–H and O–H groups in total. The van der Waals surface area contributed by atoms with Gasteiger partial charge in [-0.15, -0.1) is 11.3 Å². The Hall–Kier alpha value is -2.94. The van der Waals surface area contributed by atoms with Crippen LogP contribution >= 0.6 is 11.3 Å². The zero-order valence-electron chi connectivity index (χ0n) is 19.8. The van der Waals surface area contributed by atoms with E-state index in [1.165, 1.54) is 0 Å². The van der Waals surface area contributed by atoms with Gasteiger partial charge >= 0.3 is 12.1 Å². The van der Waals surface area contributed by atoms with E-state index in [9.17, 15) is 14.4 Å². The van der Waals surface area contributed by atoms with Crippen molar-refractivity contribution in [3.63, 3.8) is 0 Å². The molecule has 182 valence electrons. The van der Waals surface area contributed by atoms with Gasteiger partial charge in [-0.1, -0.05) is 12.1 Å². The lowest BCUT2D eigenvalue weighted by Crippen LogP contribution is -2.39. The summed E-state index contributed by atoms with van der Waals surface area (Å²) in [4.78, 5) is 43.7. The second-order valence-electron chi connectivity index (χ2n) is 9.98. The number of nitrogens with zero attached hydrogens (tertiary/aromatic N) is 2. The first-order valence-corrected chi connectivity index (χ1v) is 12.5. The van der Waals surface area contributed by atoms with Crippen molar-refractivity contribution in [1.29, 1.82) is 0 Å². The zero-order valence-corrected chi connectivity index (χ0v) is 20.6. The predicted octanol–water partition coefficient (Wildman–Crippen LogP) is 4.48. The molecular weight excluding hydrogens is 454 g/mol. The monoisotopic (exact) mass is 485 g/mol. The van der Waals surface area contributed by atoms with E-state index in [0.717, 1.165) is 21.1 Å². The minimum absolute atomic E-state index is 0.0152. The molecule has 0 radical (unpaired) electrons. The maximum Gasteiger partial charge on any atom is 0.410 e. The average Bonchev–Trinajstić information content (AvgIpc) is 3.22. The first kappa shape index (κ1) is 24.2. The summed E-state index contributed by atoms with van der Waals surface area (Å²) in [6.45, 7) is 6.65. The van der Waals surface area contributed by atoms with Crippen LogP contribution in [0.15, 0.2) is 24.3 Å². The van der Waals surface area contributed by atoms with Crippen molar-refractivity contribution in [3.8, 4) is 10.6 Å². The largest absolute Gasteiger partial charge is 0.481 e. The van der Waals surface area contributed by atoms with Crippen molar-refractivity contribution in [3.05, 3.63) is 40.4 Å². The first-order valence-electron chi connectivity index (χ1n) is 11.7. The van der Waals surface area contributed by atoms with E-state index in [1.807, 2.05) is 32.9 Å². The molecule has 0 bridgehead atoms. The highest BCUT2D eigenvalue weighted by Gasteiger charge is 2.29. The van der Waals surface area contributed by atoms with E-state index < -0.39 is 11.6 Å². The van der Waals surface area contributed by atoms with Gasteiger partial charge in [0, 0.05) is 35.0 Å². The lowest BCUT2D eigenvalue weighted by molar-refractivity contribution is -0.142. The fourth-order valence-corrected chi connectivity index (χ4v) is 5.45. The molecule has 1 aliphatic carbocycles. The summed E-state index contributed by atoms with van der Waals surface area (Å²) in [5.41, 5.74) is 1.99. The highest BCUT2D eigenvalue weighted by atomic mass is 32.1. The molecule has 0 atom stereocenters. The Morgan fingerprint density at radius 3 is 2.41 bits per heavy atom. The fourth-order valence-electron chi connectivity index (χ4n) is 4.32. The molecule has 1 aliphatic heterocycles. The molecule has 2 amide bonds. The van der Waals surface area contributed by atoms with Gasteiger partial charge in [0.05, 0.1) is 18.2 Å². The Bertz CT molecular complexity index is 1070. The summed E-state index contributed by atoms with van der Waals surface area (Å²) < 4.78 is 5.50. The van der Waals surface area contributed by atoms with E-state index in [4.69, 9.17) is 14.8 Å². The van der Waals surface area contributed by atoms with Crippen molar-refractivity contribution in [2.45, 2.75) is 71.1 Å². The molecule has 2 aromatic rings. The predicted molar refractivity (Wildman–Crippen MR) is 129 cm³/mol. The molecule has 9 heteroatoms. The van der Waals surface area contributed by atoms with Gasteiger partial charge in [-0.2, -0.15) is 0 Å². The number of hydrogen-bond acceptors (Lipinski definition) is 6. The lowest BCUT2D eigenvalue weighted by Gasteiger charge is -2.29. The van der Waals surface area contributed by atoms with Gasteiger partial charge < -0.3 is 20.1 Å². The van der Waals surface area contributed by atoms with Crippen molar-refractivity contribution < 1.29 is 24.2 Å². The number of amides is 2. The molecule has 1 aromatic heterocycles. The topological polar surface area (TPSA) is 109 Å². The molecule has 0 unspecified atom stereocenters. The van der Waals surface area contributed by atoms with E-state index in [2.05, 4.69) is 5.32 Å². The number of carbonyl (C=O) groups excluding carboxylic acids is 2. The Morgan fingerprint density at radius 1 is 1.12 bits per heavy atom. The zero-order chi connectivity index (χ0) is 24.5. The van der Waals surface area contributed by atoms with Crippen molar-refractivity contribution in [1.82, 2.24) is 15.2 Å². The van der Waals surface area contributed by atoms with E-state index in [1.54, 1.807) is 28.4 Å². The molecule has 0 spiro atoms. The summed E-state index contributed by atoms with van der Waals surface area (Å²) >= 11 is 1.56. The van der Waals surface area contributed by atoms with Crippen molar-refractivity contribution >= 4 is 29.3 Å². The summed E-state index contributed by atoms with van der Waals surface area (Å²) in [5.74, 6) is -1.19. The smallest absolute Gasteiger partial charge is 0.410 e. The maximum absolute atomic E-state index is 12.6. The van der Waals surface area contributed by atoms with Gasteiger partial charge in [-0.3, -0.25) is 9.59 Å². The van der Waals surface area contributed by atoms with Gasteiger partial charge in [0.1, 0.15) is 10.6 Å². The number of ether oxygens (including phenoxy) is 1. The Labute approximate surface area is 203 Å². The summed E-state index contributed by atoms with van der Waals surface area (Å²) in [5, 5.41) is 13.0. The van der Waals surface area contributed by atoms with Crippen LogP contribution < -0.4 is 5.32 Å². The molecular formula is C25H31N3O5S. The number of carbonyl (C=O) groups is 3. The number of aliphatic carboxylic acids is 1. The van der Waals surface area contributed by atoms with Gasteiger partial charge in [0.2, 0.25) is 0 Å². The van der Waals surface area contributed by atoms with Gasteiger partial charge in [-0.05, 0) is 58.6 Å². The second-order valence-corrected chi connectivity index (χ2v) is 11.1. The quantitative estimate of drug-likeness (QED) is 0.661. The minimum Gasteiger partial charge on any atom is -0.481 e. The van der Waals surface area contributed by atoms with Crippen LogP contribution in [0.4, 0.5) is 4.79 Å². The normalized spacial score (nSPS) is 20.4. The second kappa shape index (κ2) is 9.74. The molecule has 4 rings (SSSR count). The third-order valence-corrected chi connectivity index (χ3v) is 7.32. The molecule has 0 saturated heterocycles. The van der Waals surface area contributed by atoms with Crippen LogP contribution in [0.1, 0.15) is 67.4 Å². The fraction of sp³-hybridized carbons (Fsp3) is 0.520. The molecule has 1 saturated carbocycles. The number of benzene rings is 1. The van der Waals surface area contributed by atoms with Gasteiger partial charge in [-0.25, -0.2) is 9.78 Å². The molecule has 2 heterocycles. The van der Waals surface area contributed by atoms with E-state index in [0.29, 0.717) is 50.8 Å².